The average molecular weight is 586 g/mol. The number of pyridine rings is 1. The number of aromatic nitrogens is 1. The lowest BCUT2D eigenvalue weighted by atomic mass is 9.91. The van der Waals surface area contributed by atoms with Gasteiger partial charge >= 0.3 is 24.3 Å². The minimum absolute atomic E-state index is 0.0500. The summed E-state index contributed by atoms with van der Waals surface area (Å²) in [6.07, 6.45) is -5.05. The molecular formula is C23H21F7N2O6S. The number of hydrogen-bond acceptors (Lipinski definition) is 6. The summed E-state index contributed by atoms with van der Waals surface area (Å²) >= 11 is 0. The van der Waals surface area contributed by atoms with Crippen LogP contribution in [-0.4, -0.2) is 77.2 Å². The number of likely N-dealkylation sites (tertiary alicyclic amines) is 1. The van der Waals surface area contributed by atoms with Crippen LogP contribution in [0.5, 0.6) is 0 Å². The van der Waals surface area contributed by atoms with Crippen LogP contribution in [0.2, 0.25) is 0 Å². The first-order valence-electron chi connectivity index (χ1n) is 11.3. The molecule has 0 spiro atoms. The Kier molecular flexibility index (Phi) is 8.60. The van der Waals surface area contributed by atoms with Gasteiger partial charge in [-0.05, 0) is 48.2 Å². The van der Waals surface area contributed by atoms with Crippen molar-refractivity contribution < 1.29 is 59.0 Å². The molecule has 2 fully saturated rings. The number of hydrogen-bond donors (Lipinski definition) is 2. The highest BCUT2D eigenvalue weighted by Crippen LogP contribution is 2.47. The first kappa shape index (κ1) is 30.3. The molecule has 39 heavy (non-hydrogen) atoms. The Labute approximate surface area is 217 Å². The molecule has 3 aliphatic rings. The van der Waals surface area contributed by atoms with Crippen LogP contribution in [-0.2, 0) is 19.4 Å². The predicted octanol–water partition coefficient (Wildman–Crippen LogP) is 4.26. The van der Waals surface area contributed by atoms with E-state index in [-0.39, 0.29) is 11.2 Å². The summed E-state index contributed by atoms with van der Waals surface area (Å²) in [5.41, 5.74) is 2.62. The maximum Gasteiger partial charge on any atom is 0.490 e. The van der Waals surface area contributed by atoms with Crippen LogP contribution in [0.1, 0.15) is 30.7 Å². The van der Waals surface area contributed by atoms with Gasteiger partial charge in [0.15, 0.2) is 9.84 Å². The van der Waals surface area contributed by atoms with E-state index in [0.717, 1.165) is 23.2 Å². The SMILES string of the molecule is O=C(O)C(F)(F)F.O=C(O)C(F)(F)F.O=S1(=O)c2ccc(-c3ccc(F)nc3)cc2C2CN(C3CCC3)CC21. The number of halogens is 7. The molecule has 2 aromatic rings. The third-order valence-corrected chi connectivity index (χ3v) is 8.81. The standard InChI is InChI=1S/C19H19FN2O2S.2C2HF3O2/c20-19-7-5-13(9-21-19)12-4-6-17-15(8-12)16-10-22(14-2-1-3-14)11-18(16)25(17,23)24;2*3-2(4,5)1(6)7/h4-9,14,16,18H,1-3,10-11H2;2*(H,6,7). The van der Waals surface area contributed by atoms with Gasteiger partial charge in [0, 0.05) is 36.8 Å². The molecule has 214 valence electrons. The summed E-state index contributed by atoms with van der Waals surface area (Å²) in [7, 11) is -3.26. The van der Waals surface area contributed by atoms with Crippen LogP contribution in [0.15, 0.2) is 41.4 Å². The maximum absolute atomic E-state index is 13.1. The van der Waals surface area contributed by atoms with Crippen molar-refractivity contribution in [2.45, 2.75) is 53.7 Å². The number of sulfone groups is 1. The molecule has 1 aliphatic carbocycles. The molecule has 2 aliphatic heterocycles. The van der Waals surface area contributed by atoms with Crippen LogP contribution in [0.4, 0.5) is 30.7 Å². The summed E-state index contributed by atoms with van der Waals surface area (Å²) in [5, 5.41) is 13.9. The fourth-order valence-corrected chi connectivity index (χ4v) is 6.63. The molecule has 3 heterocycles. The Morgan fingerprint density at radius 3 is 1.87 bits per heavy atom. The largest absolute Gasteiger partial charge is 0.490 e. The van der Waals surface area contributed by atoms with Gasteiger partial charge in [-0.1, -0.05) is 12.5 Å². The molecule has 0 bridgehead atoms. The summed E-state index contributed by atoms with van der Waals surface area (Å²) in [6.45, 7) is 1.48. The van der Waals surface area contributed by atoms with Crippen molar-refractivity contribution >= 4 is 21.8 Å². The highest BCUT2D eigenvalue weighted by atomic mass is 32.2. The summed E-state index contributed by atoms with van der Waals surface area (Å²) in [5.74, 6) is -5.98. The Bertz CT molecular complexity index is 1300. The zero-order chi connectivity index (χ0) is 29.3. The van der Waals surface area contributed by atoms with E-state index in [1.165, 1.54) is 31.5 Å². The van der Waals surface area contributed by atoms with Crippen LogP contribution in [0.25, 0.3) is 11.1 Å². The molecule has 0 amide bonds. The van der Waals surface area contributed by atoms with Crippen LogP contribution in [0.3, 0.4) is 0 Å². The van der Waals surface area contributed by atoms with Crippen molar-refractivity contribution in [1.29, 1.82) is 0 Å². The number of benzene rings is 1. The van der Waals surface area contributed by atoms with Crippen molar-refractivity contribution in [3.63, 3.8) is 0 Å². The third-order valence-electron chi connectivity index (χ3n) is 6.55. The first-order chi connectivity index (χ1) is 17.9. The lowest BCUT2D eigenvalue weighted by Gasteiger charge is -2.35. The van der Waals surface area contributed by atoms with Gasteiger partial charge in [0.05, 0.1) is 10.1 Å². The van der Waals surface area contributed by atoms with Gasteiger partial charge in [-0.3, -0.25) is 4.90 Å². The first-order valence-corrected chi connectivity index (χ1v) is 12.8. The molecular weight excluding hydrogens is 565 g/mol. The molecule has 16 heteroatoms. The molecule has 8 nitrogen and oxygen atoms in total. The minimum Gasteiger partial charge on any atom is -0.475 e. The summed E-state index contributed by atoms with van der Waals surface area (Å²) < 4.78 is 102. The van der Waals surface area contributed by atoms with Crippen LogP contribution in [0, 0.1) is 5.95 Å². The van der Waals surface area contributed by atoms with E-state index >= 15 is 0 Å². The number of carboxylic acids is 2. The molecule has 0 radical (unpaired) electrons. The Morgan fingerprint density at radius 2 is 1.44 bits per heavy atom. The highest BCUT2D eigenvalue weighted by molar-refractivity contribution is 7.92. The molecule has 1 aromatic carbocycles. The van der Waals surface area contributed by atoms with Crippen LogP contribution < -0.4 is 0 Å². The van der Waals surface area contributed by atoms with Gasteiger partial charge < -0.3 is 10.2 Å². The minimum atomic E-state index is -5.08. The summed E-state index contributed by atoms with van der Waals surface area (Å²) in [4.78, 5) is 24.3. The predicted molar refractivity (Wildman–Crippen MR) is 120 cm³/mol. The number of rotatable bonds is 2. The molecule has 2 atom stereocenters. The number of carbonyl (C=O) groups is 2. The summed E-state index contributed by atoms with van der Waals surface area (Å²) in [6, 6.07) is 9.06. The Morgan fingerprint density at radius 1 is 0.897 bits per heavy atom. The van der Waals surface area contributed by atoms with E-state index in [1.807, 2.05) is 6.07 Å². The van der Waals surface area contributed by atoms with Crippen molar-refractivity contribution in [1.82, 2.24) is 9.88 Å². The molecule has 1 saturated heterocycles. The monoisotopic (exact) mass is 586 g/mol. The molecule has 1 aromatic heterocycles. The van der Waals surface area contributed by atoms with E-state index in [0.29, 0.717) is 17.5 Å². The van der Waals surface area contributed by atoms with E-state index in [9.17, 15) is 39.2 Å². The van der Waals surface area contributed by atoms with Crippen LogP contribution >= 0.6 is 0 Å². The van der Waals surface area contributed by atoms with Crippen molar-refractivity contribution in [3.8, 4) is 11.1 Å². The van der Waals surface area contributed by atoms with E-state index in [2.05, 4.69) is 9.88 Å². The van der Waals surface area contributed by atoms with E-state index in [1.54, 1.807) is 18.2 Å². The van der Waals surface area contributed by atoms with Crippen molar-refractivity contribution in [3.05, 3.63) is 48.0 Å². The zero-order valence-electron chi connectivity index (χ0n) is 19.7. The van der Waals surface area contributed by atoms with Gasteiger partial charge in [-0.2, -0.15) is 30.7 Å². The van der Waals surface area contributed by atoms with E-state index < -0.39 is 40.1 Å². The molecule has 2 N–H and O–H groups in total. The second kappa shape index (κ2) is 11.1. The Hall–Kier alpha value is -3.27. The van der Waals surface area contributed by atoms with Gasteiger partial charge in [-0.15, -0.1) is 0 Å². The maximum atomic E-state index is 13.1. The van der Waals surface area contributed by atoms with Crippen molar-refractivity contribution in [2.75, 3.05) is 13.1 Å². The zero-order valence-corrected chi connectivity index (χ0v) is 20.5. The fraction of sp³-hybridized carbons (Fsp3) is 0.435. The number of fused-ring (bicyclic) bond motifs is 3. The number of nitrogens with zero attached hydrogens (tertiary/aromatic N) is 2. The van der Waals surface area contributed by atoms with E-state index in [4.69, 9.17) is 19.8 Å². The fourth-order valence-electron chi connectivity index (χ4n) is 4.45. The smallest absolute Gasteiger partial charge is 0.475 e. The molecule has 1 saturated carbocycles. The highest BCUT2D eigenvalue weighted by Gasteiger charge is 2.51. The lowest BCUT2D eigenvalue weighted by molar-refractivity contribution is -0.193. The van der Waals surface area contributed by atoms with Crippen molar-refractivity contribution in [2.24, 2.45) is 0 Å². The molecule has 5 rings (SSSR count). The van der Waals surface area contributed by atoms with Gasteiger partial charge in [0.25, 0.3) is 0 Å². The second-order valence-electron chi connectivity index (χ2n) is 8.96. The quantitative estimate of drug-likeness (QED) is 0.395. The van der Waals surface area contributed by atoms with Gasteiger partial charge in [0.1, 0.15) is 0 Å². The molecule has 2 unspecified atom stereocenters. The number of carboxylic acid groups (broad SMARTS) is 2. The number of alkyl halides is 6. The number of aliphatic carboxylic acids is 2. The lowest BCUT2D eigenvalue weighted by Crippen LogP contribution is -2.39. The van der Waals surface area contributed by atoms with Gasteiger partial charge in [0.2, 0.25) is 5.95 Å². The topological polar surface area (TPSA) is 125 Å². The average Bonchev–Trinajstić information content (AvgIpc) is 3.30. The Balaban J connectivity index is 0.000000251. The third kappa shape index (κ3) is 6.84. The second-order valence-corrected chi connectivity index (χ2v) is 11.1. The normalized spacial score (nSPS) is 21.8. The van der Waals surface area contributed by atoms with Gasteiger partial charge in [-0.25, -0.2) is 23.0 Å².